The SMILES string of the molecule is CC(C)OC(=O)C1(C(=O)OC(C)C)CCC(C)(O)c2c1c(/C=C/[N+](=O)[O-])c1ccccn21. The molecule has 1 aliphatic rings. The van der Waals surface area contributed by atoms with Crippen molar-refractivity contribution in [1.82, 2.24) is 4.40 Å². The number of hydrogen-bond donors (Lipinski definition) is 1. The molecule has 0 radical (unpaired) electrons. The number of hydrogen-bond acceptors (Lipinski definition) is 7. The lowest BCUT2D eigenvalue weighted by molar-refractivity contribution is -0.400. The first kappa shape index (κ1) is 23.5. The van der Waals surface area contributed by atoms with E-state index in [1.807, 2.05) is 0 Å². The van der Waals surface area contributed by atoms with Gasteiger partial charge >= 0.3 is 11.9 Å². The fourth-order valence-corrected chi connectivity index (χ4v) is 4.29. The van der Waals surface area contributed by atoms with Crippen molar-refractivity contribution in [2.45, 2.75) is 70.7 Å². The second-order valence-electron chi connectivity index (χ2n) is 8.78. The summed E-state index contributed by atoms with van der Waals surface area (Å²) in [6, 6.07) is 5.18. The lowest BCUT2D eigenvalue weighted by atomic mass is 9.66. The van der Waals surface area contributed by atoms with Crippen molar-refractivity contribution < 1.29 is 29.1 Å². The van der Waals surface area contributed by atoms with Crippen LogP contribution in [-0.2, 0) is 30.1 Å². The molecule has 1 aliphatic carbocycles. The molecule has 2 aromatic heterocycles. The average Bonchev–Trinajstić information content (AvgIpc) is 3.01. The Bertz CT molecular complexity index is 1070. The standard InChI is InChI=1S/C23H28N2O7/c1-14(2)31-20(26)23(21(27)32-15(3)4)11-10-22(5,28)19-18(23)16(9-13-25(29)30)17-8-6-7-12-24(17)19/h6-9,12-15,28H,10-11H2,1-5H3/b13-9+. The van der Waals surface area contributed by atoms with Crippen LogP contribution in [-0.4, -0.2) is 38.6 Å². The summed E-state index contributed by atoms with van der Waals surface area (Å²) in [6.07, 6.45) is 2.68. The van der Waals surface area contributed by atoms with Gasteiger partial charge in [0, 0.05) is 23.4 Å². The minimum Gasteiger partial charge on any atom is -0.462 e. The first-order valence-corrected chi connectivity index (χ1v) is 10.5. The van der Waals surface area contributed by atoms with E-state index >= 15 is 0 Å². The molecule has 172 valence electrons. The topological polar surface area (TPSA) is 120 Å². The predicted octanol–water partition coefficient (Wildman–Crippen LogP) is 3.33. The summed E-state index contributed by atoms with van der Waals surface area (Å²) in [5.41, 5.74) is -2.00. The highest BCUT2D eigenvalue weighted by Crippen LogP contribution is 2.50. The normalized spacial score (nSPS) is 20.0. The summed E-state index contributed by atoms with van der Waals surface area (Å²) < 4.78 is 12.7. The summed E-state index contributed by atoms with van der Waals surface area (Å²) >= 11 is 0. The number of nitrogens with zero attached hydrogens (tertiary/aromatic N) is 2. The fourth-order valence-electron chi connectivity index (χ4n) is 4.29. The van der Waals surface area contributed by atoms with Crippen molar-refractivity contribution in [3.8, 4) is 0 Å². The molecule has 0 saturated heterocycles. The van der Waals surface area contributed by atoms with E-state index in [-0.39, 0.29) is 18.4 Å². The number of fused-ring (bicyclic) bond motifs is 3. The van der Waals surface area contributed by atoms with E-state index in [0.717, 1.165) is 6.20 Å². The molecule has 0 fully saturated rings. The van der Waals surface area contributed by atoms with E-state index < -0.39 is 40.1 Å². The molecule has 1 atom stereocenters. The third-order valence-corrected chi connectivity index (χ3v) is 5.55. The Morgan fingerprint density at radius 3 is 2.28 bits per heavy atom. The van der Waals surface area contributed by atoms with Crippen LogP contribution in [0, 0.1) is 10.1 Å². The number of carbonyl (C=O) groups excluding carboxylic acids is 2. The van der Waals surface area contributed by atoms with E-state index in [4.69, 9.17) is 9.47 Å². The molecular formula is C23H28N2O7. The van der Waals surface area contributed by atoms with E-state index in [0.29, 0.717) is 16.8 Å². The minimum absolute atomic E-state index is 0.0692. The van der Waals surface area contributed by atoms with Gasteiger partial charge in [-0.1, -0.05) is 6.07 Å². The minimum atomic E-state index is -1.88. The Labute approximate surface area is 185 Å². The number of rotatable bonds is 6. The maximum atomic E-state index is 13.5. The van der Waals surface area contributed by atoms with E-state index in [1.165, 1.54) is 6.08 Å². The highest BCUT2D eigenvalue weighted by Gasteiger charge is 2.59. The average molecular weight is 444 g/mol. The molecule has 1 unspecified atom stereocenters. The van der Waals surface area contributed by atoms with Gasteiger partial charge in [0.25, 0.3) is 0 Å². The van der Waals surface area contributed by atoms with Gasteiger partial charge in [-0.25, -0.2) is 0 Å². The molecule has 0 saturated carbocycles. The Morgan fingerprint density at radius 1 is 1.16 bits per heavy atom. The second kappa shape index (κ2) is 8.38. The van der Waals surface area contributed by atoms with Crippen molar-refractivity contribution in [2.24, 2.45) is 0 Å². The van der Waals surface area contributed by atoms with Crippen LogP contribution in [0.2, 0.25) is 0 Å². The molecule has 2 heterocycles. The highest BCUT2D eigenvalue weighted by atomic mass is 16.6. The number of aromatic nitrogens is 1. The summed E-state index contributed by atoms with van der Waals surface area (Å²) in [5, 5.41) is 22.4. The van der Waals surface area contributed by atoms with E-state index in [2.05, 4.69) is 0 Å². The lowest BCUT2D eigenvalue weighted by Gasteiger charge is -2.40. The molecule has 2 aromatic rings. The first-order valence-electron chi connectivity index (χ1n) is 10.5. The van der Waals surface area contributed by atoms with Crippen LogP contribution in [0.5, 0.6) is 0 Å². The van der Waals surface area contributed by atoms with Crippen LogP contribution in [0.25, 0.3) is 11.6 Å². The number of ether oxygens (including phenoxy) is 2. The quantitative estimate of drug-likeness (QED) is 0.314. The lowest BCUT2D eigenvalue weighted by Crippen LogP contribution is -2.52. The molecule has 0 amide bonds. The van der Waals surface area contributed by atoms with Gasteiger partial charge in [0.15, 0.2) is 5.41 Å². The molecule has 3 rings (SSSR count). The van der Waals surface area contributed by atoms with Crippen molar-refractivity contribution in [3.63, 3.8) is 0 Å². The zero-order valence-corrected chi connectivity index (χ0v) is 18.8. The molecule has 9 nitrogen and oxygen atoms in total. The van der Waals surface area contributed by atoms with Crippen molar-refractivity contribution in [1.29, 1.82) is 0 Å². The van der Waals surface area contributed by atoms with Gasteiger partial charge in [-0.3, -0.25) is 19.7 Å². The summed E-state index contributed by atoms with van der Waals surface area (Å²) in [7, 11) is 0. The molecule has 0 aliphatic heterocycles. The van der Waals surface area contributed by atoms with Crippen LogP contribution in [0.15, 0.2) is 30.6 Å². The van der Waals surface area contributed by atoms with Crippen LogP contribution >= 0.6 is 0 Å². The molecule has 1 N–H and O–H groups in total. The Balaban J connectivity index is 2.47. The monoisotopic (exact) mass is 444 g/mol. The summed E-state index contributed by atoms with van der Waals surface area (Å²) in [6.45, 7) is 8.27. The number of carbonyl (C=O) groups is 2. The summed E-state index contributed by atoms with van der Waals surface area (Å²) in [5.74, 6) is -1.61. The molecule has 32 heavy (non-hydrogen) atoms. The number of aliphatic hydroxyl groups is 1. The van der Waals surface area contributed by atoms with Crippen LogP contribution in [0.3, 0.4) is 0 Å². The third kappa shape index (κ3) is 3.88. The number of nitro groups is 1. The van der Waals surface area contributed by atoms with Gasteiger partial charge in [-0.15, -0.1) is 0 Å². The van der Waals surface area contributed by atoms with Gasteiger partial charge in [0.2, 0.25) is 6.20 Å². The van der Waals surface area contributed by atoms with Gasteiger partial charge in [0.1, 0.15) is 5.60 Å². The first-order chi connectivity index (χ1) is 14.9. The smallest absolute Gasteiger partial charge is 0.328 e. The van der Waals surface area contributed by atoms with Gasteiger partial charge < -0.3 is 19.0 Å². The largest absolute Gasteiger partial charge is 0.462 e. The Morgan fingerprint density at radius 2 is 1.75 bits per heavy atom. The third-order valence-electron chi connectivity index (χ3n) is 5.55. The van der Waals surface area contributed by atoms with Crippen LogP contribution in [0.1, 0.15) is 64.3 Å². The predicted molar refractivity (Wildman–Crippen MR) is 116 cm³/mol. The highest BCUT2D eigenvalue weighted by molar-refractivity contribution is 6.09. The van der Waals surface area contributed by atoms with Crippen molar-refractivity contribution in [2.75, 3.05) is 0 Å². The molecule has 9 heteroatoms. The number of esters is 2. The van der Waals surface area contributed by atoms with E-state index in [9.17, 15) is 24.8 Å². The van der Waals surface area contributed by atoms with Crippen LogP contribution in [0.4, 0.5) is 0 Å². The maximum absolute atomic E-state index is 13.5. The second-order valence-corrected chi connectivity index (χ2v) is 8.78. The van der Waals surface area contributed by atoms with E-state index in [1.54, 1.807) is 63.4 Å². The molecule has 0 spiro atoms. The summed E-state index contributed by atoms with van der Waals surface area (Å²) in [4.78, 5) is 37.5. The Hall–Kier alpha value is -3.20. The van der Waals surface area contributed by atoms with Crippen molar-refractivity contribution >= 4 is 23.5 Å². The van der Waals surface area contributed by atoms with Gasteiger partial charge in [-0.05, 0) is 59.6 Å². The maximum Gasteiger partial charge on any atom is 0.328 e. The van der Waals surface area contributed by atoms with Gasteiger partial charge in [-0.2, -0.15) is 0 Å². The fraction of sp³-hybridized carbons (Fsp3) is 0.478. The molecule has 0 bridgehead atoms. The zero-order chi connectivity index (χ0) is 23.8. The van der Waals surface area contributed by atoms with Crippen molar-refractivity contribution in [3.05, 3.63) is 57.5 Å². The van der Waals surface area contributed by atoms with Crippen LogP contribution < -0.4 is 0 Å². The molecular weight excluding hydrogens is 416 g/mol. The Kier molecular flexibility index (Phi) is 6.15. The zero-order valence-electron chi connectivity index (χ0n) is 18.8. The number of pyridine rings is 1. The van der Waals surface area contributed by atoms with Gasteiger partial charge in [0.05, 0.1) is 28.3 Å². The molecule has 0 aromatic carbocycles.